The molecule has 1 aromatic carbocycles. The Morgan fingerprint density at radius 1 is 1.29 bits per heavy atom. The lowest BCUT2D eigenvalue weighted by atomic mass is 10.2. The van der Waals surface area contributed by atoms with Gasteiger partial charge in [-0.25, -0.2) is 0 Å². The highest BCUT2D eigenvalue weighted by molar-refractivity contribution is 7.11. The van der Waals surface area contributed by atoms with E-state index in [1.165, 1.54) is 10.4 Å². The van der Waals surface area contributed by atoms with Gasteiger partial charge in [0.05, 0.1) is 5.52 Å². The van der Waals surface area contributed by atoms with Gasteiger partial charge in [0.1, 0.15) is 5.00 Å². The quantitative estimate of drug-likeness (QED) is 0.856. The van der Waals surface area contributed by atoms with Gasteiger partial charge in [-0.2, -0.15) is 4.37 Å². The highest BCUT2D eigenvalue weighted by Gasteiger charge is 2.12. The van der Waals surface area contributed by atoms with Crippen LogP contribution in [0, 0.1) is 0 Å². The zero-order valence-electron chi connectivity index (χ0n) is 10.2. The third-order valence-corrected chi connectivity index (χ3v) is 3.72. The van der Waals surface area contributed by atoms with Crippen molar-refractivity contribution in [3.63, 3.8) is 0 Å². The van der Waals surface area contributed by atoms with Crippen LogP contribution in [-0.4, -0.2) is 24.0 Å². The smallest absolute Gasteiger partial charge is 0.119 e. The number of anilines is 1. The van der Waals surface area contributed by atoms with Crippen molar-refractivity contribution in [2.75, 3.05) is 24.5 Å². The van der Waals surface area contributed by atoms with E-state index in [9.17, 15) is 0 Å². The van der Waals surface area contributed by atoms with Crippen molar-refractivity contribution in [3.8, 4) is 0 Å². The maximum atomic E-state index is 5.60. The van der Waals surface area contributed by atoms with Gasteiger partial charge in [0.2, 0.25) is 0 Å². The van der Waals surface area contributed by atoms with Crippen LogP contribution in [0.2, 0.25) is 0 Å². The van der Waals surface area contributed by atoms with E-state index >= 15 is 0 Å². The van der Waals surface area contributed by atoms with E-state index in [0.29, 0.717) is 0 Å². The fraction of sp³-hybridized carbons (Fsp3) is 0.462. The minimum atomic E-state index is 0.747. The van der Waals surface area contributed by atoms with E-state index in [-0.39, 0.29) is 0 Å². The van der Waals surface area contributed by atoms with Crippen molar-refractivity contribution in [1.82, 2.24) is 4.37 Å². The molecule has 1 aromatic heterocycles. The molecule has 0 saturated carbocycles. The molecule has 0 aliphatic carbocycles. The number of hydrogen-bond acceptors (Lipinski definition) is 4. The number of benzene rings is 1. The Labute approximate surface area is 106 Å². The third kappa shape index (κ3) is 2.76. The summed E-state index contributed by atoms with van der Waals surface area (Å²) in [4.78, 5) is 2.41. The van der Waals surface area contributed by atoms with Crippen LogP contribution in [0.4, 0.5) is 5.00 Å². The second kappa shape index (κ2) is 5.98. The van der Waals surface area contributed by atoms with E-state index in [1.54, 1.807) is 11.5 Å². The molecule has 2 aromatic rings. The maximum absolute atomic E-state index is 5.60. The predicted molar refractivity (Wildman–Crippen MR) is 75.8 cm³/mol. The van der Waals surface area contributed by atoms with Crippen LogP contribution in [0.3, 0.4) is 0 Å². The van der Waals surface area contributed by atoms with E-state index in [2.05, 4.69) is 34.4 Å². The molecule has 92 valence electrons. The molecule has 0 unspecified atom stereocenters. The van der Waals surface area contributed by atoms with Crippen LogP contribution in [0.5, 0.6) is 0 Å². The molecule has 0 atom stereocenters. The highest BCUT2D eigenvalue weighted by atomic mass is 32.1. The summed E-state index contributed by atoms with van der Waals surface area (Å²) < 4.78 is 4.50. The molecule has 0 spiro atoms. The zero-order chi connectivity index (χ0) is 12.1. The molecule has 2 N–H and O–H groups in total. The molecule has 4 heteroatoms. The van der Waals surface area contributed by atoms with Crippen LogP contribution >= 0.6 is 11.5 Å². The third-order valence-electron chi connectivity index (χ3n) is 2.78. The SMILES string of the molecule is CCCN(CCCN)c1snc2ccccc12. The summed E-state index contributed by atoms with van der Waals surface area (Å²) in [6, 6.07) is 8.34. The molecule has 0 radical (unpaired) electrons. The largest absolute Gasteiger partial charge is 0.362 e. The van der Waals surface area contributed by atoms with Crippen LogP contribution < -0.4 is 10.6 Å². The Morgan fingerprint density at radius 3 is 2.88 bits per heavy atom. The van der Waals surface area contributed by atoms with Crippen molar-refractivity contribution >= 4 is 27.4 Å². The first-order chi connectivity index (χ1) is 8.36. The fourth-order valence-corrected chi connectivity index (χ4v) is 2.88. The standard InChI is InChI=1S/C13H19N3S/c1-2-9-16(10-5-8-14)13-11-6-3-4-7-12(11)15-17-13/h3-4,6-7H,2,5,8-10,14H2,1H3. The fourth-order valence-electron chi connectivity index (χ4n) is 1.97. The van der Waals surface area contributed by atoms with Gasteiger partial charge >= 0.3 is 0 Å². The topological polar surface area (TPSA) is 42.1 Å². The Balaban J connectivity index is 2.27. The average molecular weight is 249 g/mol. The number of hydrogen-bond donors (Lipinski definition) is 1. The van der Waals surface area contributed by atoms with Crippen LogP contribution in [0.25, 0.3) is 10.9 Å². The Bertz CT molecular complexity index is 466. The molecular formula is C13H19N3S. The molecular weight excluding hydrogens is 230 g/mol. The van der Waals surface area contributed by atoms with E-state index in [4.69, 9.17) is 5.73 Å². The first-order valence-electron chi connectivity index (χ1n) is 6.16. The van der Waals surface area contributed by atoms with Gasteiger partial charge in [0.25, 0.3) is 0 Å². The molecule has 0 amide bonds. The Kier molecular flexibility index (Phi) is 4.34. The number of rotatable bonds is 6. The number of aromatic nitrogens is 1. The summed E-state index contributed by atoms with van der Waals surface area (Å²) in [5.74, 6) is 0. The molecule has 3 nitrogen and oxygen atoms in total. The van der Waals surface area contributed by atoms with Crippen molar-refractivity contribution in [2.24, 2.45) is 5.73 Å². The lowest BCUT2D eigenvalue weighted by molar-refractivity contribution is 0.727. The molecule has 0 aliphatic heterocycles. The molecule has 0 bridgehead atoms. The maximum Gasteiger partial charge on any atom is 0.119 e. The van der Waals surface area contributed by atoms with Crippen molar-refractivity contribution < 1.29 is 0 Å². The highest BCUT2D eigenvalue weighted by Crippen LogP contribution is 2.31. The average Bonchev–Trinajstić information content (AvgIpc) is 2.78. The minimum absolute atomic E-state index is 0.747. The number of nitrogens with two attached hydrogens (primary N) is 1. The predicted octanol–water partition coefficient (Wildman–Crippen LogP) is 2.86. The molecule has 1 heterocycles. The lowest BCUT2D eigenvalue weighted by Gasteiger charge is -2.22. The van der Waals surface area contributed by atoms with Crippen LogP contribution in [-0.2, 0) is 0 Å². The lowest BCUT2D eigenvalue weighted by Crippen LogP contribution is -2.26. The van der Waals surface area contributed by atoms with Gasteiger partial charge in [0, 0.05) is 18.5 Å². The summed E-state index contributed by atoms with van der Waals surface area (Å²) in [7, 11) is 0. The summed E-state index contributed by atoms with van der Waals surface area (Å²) in [6.45, 7) is 5.05. The van der Waals surface area contributed by atoms with Gasteiger partial charge in [-0.1, -0.05) is 19.1 Å². The normalized spacial score (nSPS) is 10.9. The first kappa shape index (κ1) is 12.3. The molecule has 0 aliphatic rings. The van der Waals surface area contributed by atoms with Crippen LogP contribution in [0.1, 0.15) is 19.8 Å². The van der Waals surface area contributed by atoms with Crippen molar-refractivity contribution in [2.45, 2.75) is 19.8 Å². The second-order valence-electron chi connectivity index (χ2n) is 4.13. The Morgan fingerprint density at radius 2 is 2.12 bits per heavy atom. The molecule has 0 fully saturated rings. The second-order valence-corrected chi connectivity index (χ2v) is 4.89. The van der Waals surface area contributed by atoms with E-state index in [0.717, 1.165) is 38.0 Å². The zero-order valence-corrected chi connectivity index (χ0v) is 11.0. The van der Waals surface area contributed by atoms with Gasteiger partial charge < -0.3 is 10.6 Å². The van der Waals surface area contributed by atoms with Gasteiger partial charge in [-0.05, 0) is 43.1 Å². The van der Waals surface area contributed by atoms with Crippen LogP contribution in [0.15, 0.2) is 24.3 Å². The van der Waals surface area contributed by atoms with Gasteiger partial charge in [0.15, 0.2) is 0 Å². The van der Waals surface area contributed by atoms with Crippen molar-refractivity contribution in [1.29, 1.82) is 0 Å². The van der Waals surface area contributed by atoms with Gasteiger partial charge in [-0.15, -0.1) is 0 Å². The summed E-state index contributed by atoms with van der Waals surface area (Å²) >= 11 is 1.60. The molecule has 0 saturated heterocycles. The molecule has 2 rings (SSSR count). The summed E-state index contributed by atoms with van der Waals surface area (Å²) in [5, 5.41) is 2.55. The molecule has 17 heavy (non-hydrogen) atoms. The number of fused-ring (bicyclic) bond motifs is 1. The summed E-state index contributed by atoms with van der Waals surface area (Å²) in [5.41, 5.74) is 6.70. The minimum Gasteiger partial charge on any atom is -0.362 e. The Hall–Kier alpha value is -1.13. The van der Waals surface area contributed by atoms with E-state index < -0.39 is 0 Å². The van der Waals surface area contributed by atoms with E-state index in [1.807, 2.05) is 6.07 Å². The first-order valence-corrected chi connectivity index (χ1v) is 6.93. The monoisotopic (exact) mass is 249 g/mol. The van der Waals surface area contributed by atoms with Crippen molar-refractivity contribution in [3.05, 3.63) is 24.3 Å². The summed E-state index contributed by atoms with van der Waals surface area (Å²) in [6.07, 6.45) is 2.18. The number of nitrogens with zero attached hydrogens (tertiary/aromatic N) is 2. The van der Waals surface area contributed by atoms with Gasteiger partial charge in [-0.3, -0.25) is 0 Å².